The van der Waals surface area contributed by atoms with Crippen LogP contribution in [0.3, 0.4) is 0 Å². The van der Waals surface area contributed by atoms with E-state index >= 15 is 0 Å². The minimum absolute atomic E-state index is 0.0377. The van der Waals surface area contributed by atoms with Crippen molar-refractivity contribution in [3.63, 3.8) is 0 Å². The Bertz CT molecular complexity index is 1390. The van der Waals surface area contributed by atoms with Gasteiger partial charge >= 0.3 is 12.4 Å². The van der Waals surface area contributed by atoms with Crippen LogP contribution in [0.2, 0.25) is 0 Å². The summed E-state index contributed by atoms with van der Waals surface area (Å²) in [4.78, 5) is 22.7. The molecule has 0 radical (unpaired) electrons. The quantitative estimate of drug-likeness (QED) is 0.328. The van der Waals surface area contributed by atoms with Gasteiger partial charge in [0, 0.05) is 42.5 Å². The Hall–Kier alpha value is -3.80. The molecular formula is C28H22F7N3O2. The second kappa shape index (κ2) is 10.3. The number of halogens is 7. The van der Waals surface area contributed by atoms with Gasteiger partial charge in [0.1, 0.15) is 12.1 Å². The predicted octanol–water partition coefficient (Wildman–Crippen LogP) is 6.58. The summed E-state index contributed by atoms with van der Waals surface area (Å²) in [6.45, 7) is 1.40. The van der Waals surface area contributed by atoms with E-state index in [1.165, 1.54) is 43.6 Å². The number of hydrogen-bond donors (Lipinski definition) is 0. The molecule has 2 aliphatic heterocycles. The molecule has 5 nitrogen and oxygen atoms in total. The SMILES string of the molecule is CC(O[C@H]1CN2C(=O)C=C(c3cncnc3)CC2C1c1ccc(F)cc1)c1cc(C(F)(F)F)cc(C(F)(F)F)c1. The topological polar surface area (TPSA) is 55.3 Å². The van der Waals surface area contributed by atoms with Crippen LogP contribution in [-0.2, 0) is 21.9 Å². The van der Waals surface area contributed by atoms with Crippen LogP contribution in [0, 0.1) is 5.82 Å². The van der Waals surface area contributed by atoms with Crippen LogP contribution in [0.25, 0.3) is 5.57 Å². The molecule has 1 aromatic heterocycles. The second-order valence-electron chi connectivity index (χ2n) is 9.79. The van der Waals surface area contributed by atoms with Crippen molar-refractivity contribution in [2.75, 3.05) is 6.54 Å². The van der Waals surface area contributed by atoms with Crippen molar-refractivity contribution in [3.05, 3.63) is 101 Å². The lowest BCUT2D eigenvalue weighted by atomic mass is 9.84. The first-order chi connectivity index (χ1) is 18.8. The first-order valence-corrected chi connectivity index (χ1v) is 12.3. The summed E-state index contributed by atoms with van der Waals surface area (Å²) >= 11 is 0. The highest BCUT2D eigenvalue weighted by Crippen LogP contribution is 2.45. The molecule has 2 aromatic carbocycles. The minimum atomic E-state index is -5.00. The fourth-order valence-electron chi connectivity index (χ4n) is 5.36. The van der Waals surface area contributed by atoms with E-state index in [2.05, 4.69) is 9.97 Å². The molecule has 4 atom stereocenters. The molecule has 12 heteroatoms. The van der Waals surface area contributed by atoms with E-state index in [1.807, 2.05) is 0 Å². The van der Waals surface area contributed by atoms with Crippen molar-refractivity contribution in [1.82, 2.24) is 14.9 Å². The van der Waals surface area contributed by atoms with Gasteiger partial charge in [0.2, 0.25) is 5.91 Å². The van der Waals surface area contributed by atoms with E-state index < -0.39 is 53.5 Å². The smallest absolute Gasteiger partial charge is 0.368 e. The summed E-state index contributed by atoms with van der Waals surface area (Å²) in [6.07, 6.45) is -5.73. The molecule has 0 N–H and O–H groups in total. The number of amides is 1. The lowest BCUT2D eigenvalue weighted by Gasteiger charge is -2.32. The van der Waals surface area contributed by atoms with E-state index in [0.29, 0.717) is 35.3 Å². The van der Waals surface area contributed by atoms with Crippen LogP contribution in [-0.4, -0.2) is 39.5 Å². The number of fused-ring (bicyclic) bond motifs is 1. The van der Waals surface area contributed by atoms with Gasteiger partial charge in [-0.2, -0.15) is 26.3 Å². The van der Waals surface area contributed by atoms with Crippen LogP contribution in [0.15, 0.2) is 67.3 Å². The van der Waals surface area contributed by atoms with E-state index in [1.54, 1.807) is 17.3 Å². The molecule has 1 amide bonds. The second-order valence-corrected chi connectivity index (χ2v) is 9.79. The van der Waals surface area contributed by atoms with Gasteiger partial charge in [0.25, 0.3) is 0 Å². The van der Waals surface area contributed by atoms with Crippen LogP contribution in [0.4, 0.5) is 30.7 Å². The molecule has 1 saturated heterocycles. The van der Waals surface area contributed by atoms with Gasteiger partial charge in [0.15, 0.2) is 0 Å². The molecule has 0 aliphatic carbocycles. The van der Waals surface area contributed by atoms with Crippen LogP contribution in [0.5, 0.6) is 0 Å². The number of nitrogens with zero attached hydrogens (tertiary/aromatic N) is 3. The summed E-state index contributed by atoms with van der Waals surface area (Å²) in [7, 11) is 0. The highest BCUT2D eigenvalue weighted by Gasteiger charge is 2.48. The Labute approximate surface area is 224 Å². The summed E-state index contributed by atoms with van der Waals surface area (Å²) in [5.41, 5.74) is -1.28. The largest absolute Gasteiger partial charge is 0.416 e. The van der Waals surface area contributed by atoms with E-state index in [0.717, 1.165) is 0 Å². The molecule has 1 fully saturated rings. The van der Waals surface area contributed by atoms with Crippen molar-refractivity contribution < 1.29 is 40.3 Å². The summed E-state index contributed by atoms with van der Waals surface area (Å²) in [5.74, 6) is -1.37. The van der Waals surface area contributed by atoms with E-state index in [4.69, 9.17) is 4.74 Å². The van der Waals surface area contributed by atoms with Crippen molar-refractivity contribution in [3.8, 4) is 0 Å². The lowest BCUT2D eigenvalue weighted by molar-refractivity contribution is -0.143. The molecule has 0 saturated carbocycles. The third kappa shape index (κ3) is 5.58. The Kier molecular flexibility index (Phi) is 7.15. The molecule has 40 heavy (non-hydrogen) atoms. The number of carbonyl (C=O) groups is 1. The summed E-state index contributed by atoms with van der Waals surface area (Å²) in [6, 6.07) is 6.41. The molecule has 210 valence electrons. The van der Waals surface area contributed by atoms with Gasteiger partial charge in [-0.25, -0.2) is 14.4 Å². The third-order valence-corrected chi connectivity index (χ3v) is 7.25. The zero-order valence-corrected chi connectivity index (χ0v) is 20.9. The molecule has 0 bridgehead atoms. The molecule has 5 rings (SSSR count). The Morgan fingerprint density at radius 3 is 2.12 bits per heavy atom. The molecule has 3 unspecified atom stereocenters. The van der Waals surface area contributed by atoms with Crippen LogP contribution in [0.1, 0.15) is 53.2 Å². The Balaban J connectivity index is 1.49. The highest BCUT2D eigenvalue weighted by atomic mass is 19.4. The maximum atomic E-state index is 13.7. The highest BCUT2D eigenvalue weighted by molar-refractivity contribution is 5.97. The zero-order chi connectivity index (χ0) is 28.8. The first-order valence-electron chi connectivity index (χ1n) is 12.3. The lowest BCUT2D eigenvalue weighted by Crippen LogP contribution is -2.39. The number of ether oxygens (including phenoxy) is 1. The zero-order valence-electron chi connectivity index (χ0n) is 20.9. The fraction of sp³-hybridized carbons (Fsp3) is 0.321. The van der Waals surface area contributed by atoms with E-state index in [-0.39, 0.29) is 24.1 Å². The molecule has 0 spiro atoms. The van der Waals surface area contributed by atoms with Crippen molar-refractivity contribution >= 4 is 11.5 Å². The van der Waals surface area contributed by atoms with Gasteiger partial charge in [-0.15, -0.1) is 0 Å². The van der Waals surface area contributed by atoms with Crippen molar-refractivity contribution in [1.29, 1.82) is 0 Å². The monoisotopic (exact) mass is 565 g/mol. The first kappa shape index (κ1) is 27.8. The van der Waals surface area contributed by atoms with Crippen LogP contribution >= 0.6 is 0 Å². The molecule has 2 aliphatic rings. The Morgan fingerprint density at radius 1 is 0.950 bits per heavy atom. The van der Waals surface area contributed by atoms with Gasteiger partial charge in [-0.3, -0.25) is 4.79 Å². The number of carbonyl (C=O) groups excluding carboxylic acids is 1. The molecule has 3 heterocycles. The summed E-state index contributed by atoms with van der Waals surface area (Å²) < 4.78 is 101. The number of hydrogen-bond acceptors (Lipinski definition) is 4. The van der Waals surface area contributed by atoms with Gasteiger partial charge < -0.3 is 9.64 Å². The summed E-state index contributed by atoms with van der Waals surface area (Å²) in [5, 5.41) is 0. The fourth-order valence-corrected chi connectivity index (χ4v) is 5.36. The normalized spacial score (nSPS) is 22.2. The maximum absolute atomic E-state index is 13.7. The number of alkyl halides is 6. The van der Waals surface area contributed by atoms with Crippen molar-refractivity contribution in [2.45, 2.75) is 49.9 Å². The minimum Gasteiger partial charge on any atom is -0.368 e. The average Bonchev–Trinajstić information content (AvgIpc) is 3.26. The predicted molar refractivity (Wildman–Crippen MR) is 129 cm³/mol. The number of rotatable bonds is 5. The number of benzene rings is 2. The number of aromatic nitrogens is 2. The van der Waals surface area contributed by atoms with Gasteiger partial charge in [-0.05, 0) is 60.4 Å². The van der Waals surface area contributed by atoms with Gasteiger partial charge in [-0.1, -0.05) is 12.1 Å². The van der Waals surface area contributed by atoms with Crippen molar-refractivity contribution in [2.24, 2.45) is 0 Å². The standard InChI is InChI=1S/C28H22F7N3O2/c1-15(17-6-20(27(30,31)32)10-21(7-17)28(33,34)35)40-24-13-38-23(26(24)16-2-4-22(29)5-3-16)8-18(9-25(38)39)19-11-36-14-37-12-19/h2-7,9-12,14-15,23-24,26H,8,13H2,1H3/t15?,23?,24-,26?/m0/s1. The molecular weight excluding hydrogens is 543 g/mol. The molecule has 3 aromatic rings. The third-order valence-electron chi connectivity index (χ3n) is 7.25. The Morgan fingerprint density at radius 2 is 1.55 bits per heavy atom. The van der Waals surface area contributed by atoms with E-state index in [9.17, 15) is 35.5 Å². The maximum Gasteiger partial charge on any atom is 0.416 e. The van der Waals surface area contributed by atoms with Gasteiger partial charge in [0.05, 0.1) is 23.3 Å². The van der Waals surface area contributed by atoms with Crippen LogP contribution < -0.4 is 0 Å². The average molecular weight is 565 g/mol.